The number of carbonyl (C=O) groups excluding carboxylic acids is 1. The number of fused-ring (bicyclic) bond motifs is 1. The van der Waals surface area contributed by atoms with E-state index in [4.69, 9.17) is 0 Å². The van der Waals surface area contributed by atoms with Crippen LogP contribution in [0.15, 0.2) is 42.9 Å². The van der Waals surface area contributed by atoms with Crippen molar-refractivity contribution in [1.82, 2.24) is 14.4 Å². The van der Waals surface area contributed by atoms with Gasteiger partial charge in [-0.25, -0.2) is 9.97 Å². The molecule has 148 valence electrons. The summed E-state index contributed by atoms with van der Waals surface area (Å²) in [5, 5.41) is 3.32. The van der Waals surface area contributed by atoms with E-state index >= 15 is 0 Å². The molecule has 1 amide bonds. The monoisotopic (exact) mass is 386 g/mol. The smallest absolute Gasteiger partial charge is 0.234 e. The maximum atomic E-state index is 13.5. The minimum absolute atomic E-state index is 0.135. The van der Waals surface area contributed by atoms with Crippen molar-refractivity contribution in [3.8, 4) is 11.3 Å². The lowest BCUT2D eigenvalue weighted by Gasteiger charge is -2.55. The number of carbonyl (C=O) groups is 1. The molecule has 0 saturated heterocycles. The number of anilines is 1. The van der Waals surface area contributed by atoms with Crippen molar-refractivity contribution >= 4 is 17.4 Å². The van der Waals surface area contributed by atoms with Crippen LogP contribution in [0.1, 0.15) is 44.1 Å². The molecular formula is C24H26N4O. The van der Waals surface area contributed by atoms with Crippen LogP contribution in [-0.2, 0) is 4.79 Å². The van der Waals surface area contributed by atoms with Crippen molar-refractivity contribution in [2.75, 3.05) is 5.32 Å². The number of nitrogens with zero attached hydrogens (tertiary/aromatic N) is 3. The topological polar surface area (TPSA) is 59.3 Å². The van der Waals surface area contributed by atoms with Crippen LogP contribution in [0, 0.1) is 30.1 Å². The van der Waals surface area contributed by atoms with E-state index in [1.54, 1.807) is 6.20 Å². The zero-order valence-corrected chi connectivity index (χ0v) is 16.8. The van der Waals surface area contributed by atoms with E-state index in [2.05, 4.69) is 40.4 Å². The van der Waals surface area contributed by atoms with E-state index in [-0.39, 0.29) is 11.3 Å². The Hall–Kier alpha value is -2.69. The molecule has 1 aromatic carbocycles. The van der Waals surface area contributed by atoms with Crippen LogP contribution in [0.5, 0.6) is 0 Å². The fourth-order valence-electron chi connectivity index (χ4n) is 6.53. The zero-order chi connectivity index (χ0) is 19.6. The highest BCUT2D eigenvalue weighted by molar-refractivity contribution is 5.96. The summed E-state index contributed by atoms with van der Waals surface area (Å²) in [6, 6.07) is 8.10. The van der Waals surface area contributed by atoms with Gasteiger partial charge in [0.15, 0.2) is 0 Å². The van der Waals surface area contributed by atoms with Gasteiger partial charge in [0.2, 0.25) is 11.7 Å². The maximum Gasteiger partial charge on any atom is 0.234 e. The molecule has 7 rings (SSSR count). The molecule has 0 atom stereocenters. The summed E-state index contributed by atoms with van der Waals surface area (Å²) < 4.78 is 1.92. The van der Waals surface area contributed by atoms with E-state index in [9.17, 15) is 4.79 Å². The van der Waals surface area contributed by atoms with Crippen molar-refractivity contribution in [1.29, 1.82) is 0 Å². The predicted octanol–water partition coefficient (Wildman–Crippen LogP) is 4.86. The molecule has 29 heavy (non-hydrogen) atoms. The number of imidazole rings is 1. The summed E-state index contributed by atoms with van der Waals surface area (Å²) in [6.45, 7) is 2.06. The van der Waals surface area contributed by atoms with Gasteiger partial charge >= 0.3 is 0 Å². The number of amides is 1. The number of hydrogen-bond donors (Lipinski definition) is 1. The molecule has 3 aromatic rings. The van der Waals surface area contributed by atoms with Gasteiger partial charge in [0.05, 0.1) is 11.1 Å². The molecule has 4 aliphatic carbocycles. The van der Waals surface area contributed by atoms with Gasteiger partial charge in [0, 0.05) is 29.8 Å². The second-order valence-corrected chi connectivity index (χ2v) is 9.63. The average molecular weight is 386 g/mol. The first-order chi connectivity index (χ1) is 14.1. The van der Waals surface area contributed by atoms with Crippen LogP contribution in [0.4, 0.5) is 5.69 Å². The summed E-state index contributed by atoms with van der Waals surface area (Å²) in [5.41, 5.74) is 3.74. The normalized spacial score (nSPS) is 30.0. The van der Waals surface area contributed by atoms with Crippen LogP contribution in [-0.4, -0.2) is 20.3 Å². The van der Waals surface area contributed by atoms with E-state index in [0.29, 0.717) is 5.78 Å². The van der Waals surface area contributed by atoms with E-state index < -0.39 is 0 Å². The molecular weight excluding hydrogens is 360 g/mol. The number of aryl methyl sites for hydroxylation is 1. The number of rotatable bonds is 3. The third kappa shape index (κ3) is 2.78. The molecule has 2 heterocycles. The fourth-order valence-corrected chi connectivity index (χ4v) is 6.53. The Bertz CT molecular complexity index is 1050. The SMILES string of the molecule is Cc1ccc(-c2cn3cccnc3n2)cc1NC(=O)C12CC3CC(CC(C3)C1)C2. The van der Waals surface area contributed by atoms with Crippen LogP contribution in [0.2, 0.25) is 0 Å². The van der Waals surface area contributed by atoms with Gasteiger partial charge in [0.25, 0.3) is 0 Å². The lowest BCUT2D eigenvalue weighted by Crippen LogP contribution is -2.51. The standard InChI is InChI=1S/C24H26N4O/c1-15-3-4-19(21-14-28-6-2-5-25-23(28)27-21)10-20(15)26-22(29)24-11-16-7-17(12-24)9-18(8-16)13-24/h2-6,10,14,16-18H,7-9,11-13H2,1H3,(H,26,29). The Morgan fingerprint density at radius 2 is 1.86 bits per heavy atom. The largest absolute Gasteiger partial charge is 0.325 e. The summed E-state index contributed by atoms with van der Waals surface area (Å²) in [4.78, 5) is 22.4. The number of hydrogen-bond acceptors (Lipinski definition) is 3. The van der Waals surface area contributed by atoms with E-state index in [0.717, 1.165) is 59.5 Å². The Kier molecular flexibility index (Phi) is 3.65. The van der Waals surface area contributed by atoms with Gasteiger partial charge < -0.3 is 5.32 Å². The molecule has 5 heteroatoms. The maximum absolute atomic E-state index is 13.5. The lowest BCUT2D eigenvalue weighted by atomic mass is 9.49. The molecule has 4 saturated carbocycles. The van der Waals surface area contributed by atoms with Gasteiger partial charge in [-0.1, -0.05) is 12.1 Å². The zero-order valence-electron chi connectivity index (χ0n) is 16.8. The quantitative estimate of drug-likeness (QED) is 0.699. The fraction of sp³-hybridized carbons (Fsp3) is 0.458. The first-order valence-corrected chi connectivity index (χ1v) is 10.8. The van der Waals surface area contributed by atoms with Gasteiger partial charge in [-0.2, -0.15) is 0 Å². The molecule has 0 spiro atoms. The van der Waals surface area contributed by atoms with Crippen molar-refractivity contribution < 1.29 is 4.79 Å². The Morgan fingerprint density at radius 1 is 1.14 bits per heavy atom. The number of nitrogens with one attached hydrogen (secondary N) is 1. The van der Waals surface area contributed by atoms with Crippen molar-refractivity contribution in [3.05, 3.63) is 48.4 Å². The van der Waals surface area contributed by atoms with Crippen molar-refractivity contribution in [2.45, 2.75) is 45.4 Å². The summed E-state index contributed by atoms with van der Waals surface area (Å²) in [5.74, 6) is 3.23. The molecule has 1 N–H and O–H groups in total. The molecule has 4 bridgehead atoms. The van der Waals surface area contributed by atoms with Crippen LogP contribution < -0.4 is 5.32 Å². The van der Waals surface area contributed by atoms with Crippen molar-refractivity contribution in [2.24, 2.45) is 23.2 Å². The highest BCUT2D eigenvalue weighted by atomic mass is 16.2. The number of benzene rings is 1. The molecule has 0 aliphatic heterocycles. The Labute approximate surface area is 170 Å². The van der Waals surface area contributed by atoms with Crippen LogP contribution >= 0.6 is 0 Å². The van der Waals surface area contributed by atoms with Gasteiger partial charge in [0.1, 0.15) is 0 Å². The highest BCUT2D eigenvalue weighted by Crippen LogP contribution is 2.60. The molecule has 2 aromatic heterocycles. The number of aromatic nitrogens is 3. The summed E-state index contributed by atoms with van der Waals surface area (Å²) in [6.07, 6.45) is 13.0. The Balaban J connectivity index is 1.30. The summed E-state index contributed by atoms with van der Waals surface area (Å²) >= 11 is 0. The van der Waals surface area contributed by atoms with Gasteiger partial charge in [-0.05, 0) is 80.9 Å². The highest BCUT2D eigenvalue weighted by Gasteiger charge is 2.54. The van der Waals surface area contributed by atoms with E-state index in [1.165, 1.54) is 19.3 Å². The minimum Gasteiger partial charge on any atom is -0.325 e. The molecule has 0 unspecified atom stereocenters. The third-order valence-corrected chi connectivity index (χ3v) is 7.54. The van der Waals surface area contributed by atoms with Crippen LogP contribution in [0.3, 0.4) is 0 Å². The summed E-state index contributed by atoms with van der Waals surface area (Å²) in [7, 11) is 0. The van der Waals surface area contributed by atoms with Crippen LogP contribution in [0.25, 0.3) is 17.0 Å². The Morgan fingerprint density at radius 3 is 2.55 bits per heavy atom. The third-order valence-electron chi connectivity index (χ3n) is 7.54. The molecule has 4 fully saturated rings. The molecule has 5 nitrogen and oxygen atoms in total. The first-order valence-electron chi connectivity index (χ1n) is 10.8. The van der Waals surface area contributed by atoms with Gasteiger partial charge in [-0.15, -0.1) is 0 Å². The average Bonchev–Trinajstić information content (AvgIpc) is 3.13. The molecule has 0 radical (unpaired) electrons. The first kappa shape index (κ1) is 17.2. The van der Waals surface area contributed by atoms with Gasteiger partial charge in [-0.3, -0.25) is 9.20 Å². The van der Waals surface area contributed by atoms with Crippen molar-refractivity contribution in [3.63, 3.8) is 0 Å². The predicted molar refractivity (Wildman–Crippen MR) is 112 cm³/mol. The second kappa shape index (κ2) is 6.15. The van der Waals surface area contributed by atoms with E-state index in [1.807, 2.05) is 22.9 Å². The molecule has 4 aliphatic rings. The lowest BCUT2D eigenvalue weighted by molar-refractivity contribution is -0.140. The minimum atomic E-state index is -0.135. The second-order valence-electron chi connectivity index (χ2n) is 9.63.